The van der Waals surface area contributed by atoms with Gasteiger partial charge in [0.25, 0.3) is 5.56 Å². The summed E-state index contributed by atoms with van der Waals surface area (Å²) in [5, 5.41) is 19.3. The Hall–Kier alpha value is -3.83. The maximum atomic E-state index is 12.6. The van der Waals surface area contributed by atoms with Gasteiger partial charge in [0, 0.05) is 16.3 Å². The van der Waals surface area contributed by atoms with Crippen LogP contribution in [0.1, 0.15) is 11.1 Å². The Labute approximate surface area is 171 Å². The number of aromatic nitrogens is 2. The number of benzene rings is 2. The molecule has 2 N–H and O–H groups in total. The SMILES string of the molecule is COc1ccc(NC(=O)Nc2nn(-c3ccc(Cl)cc3)c(=O)c(C#N)c2C)cc1. The Morgan fingerprint density at radius 3 is 2.38 bits per heavy atom. The van der Waals surface area contributed by atoms with E-state index in [9.17, 15) is 14.9 Å². The van der Waals surface area contributed by atoms with E-state index in [2.05, 4.69) is 15.7 Å². The smallest absolute Gasteiger partial charge is 0.324 e. The first kappa shape index (κ1) is 19.9. The highest BCUT2D eigenvalue weighted by molar-refractivity contribution is 6.30. The van der Waals surface area contributed by atoms with Gasteiger partial charge in [-0.2, -0.15) is 9.94 Å². The zero-order valence-electron chi connectivity index (χ0n) is 15.6. The van der Waals surface area contributed by atoms with Crippen molar-refractivity contribution in [3.63, 3.8) is 0 Å². The van der Waals surface area contributed by atoms with E-state index in [-0.39, 0.29) is 16.9 Å². The summed E-state index contributed by atoms with van der Waals surface area (Å²) in [7, 11) is 1.55. The second kappa shape index (κ2) is 8.46. The van der Waals surface area contributed by atoms with Crippen LogP contribution >= 0.6 is 11.6 Å². The van der Waals surface area contributed by atoms with Gasteiger partial charge in [0.2, 0.25) is 0 Å². The van der Waals surface area contributed by atoms with Gasteiger partial charge < -0.3 is 10.1 Å². The van der Waals surface area contributed by atoms with Crippen LogP contribution in [0.2, 0.25) is 5.02 Å². The average molecular weight is 410 g/mol. The van der Waals surface area contributed by atoms with Crippen molar-refractivity contribution in [2.75, 3.05) is 17.7 Å². The van der Waals surface area contributed by atoms with E-state index in [0.717, 1.165) is 4.68 Å². The van der Waals surface area contributed by atoms with E-state index in [1.54, 1.807) is 62.6 Å². The summed E-state index contributed by atoms with van der Waals surface area (Å²) in [5.74, 6) is 0.740. The molecule has 0 saturated heterocycles. The number of carbonyl (C=O) groups is 1. The van der Waals surface area contributed by atoms with Gasteiger partial charge in [0.05, 0.1) is 12.8 Å². The van der Waals surface area contributed by atoms with Crippen molar-refractivity contribution < 1.29 is 9.53 Å². The third-order valence-electron chi connectivity index (χ3n) is 4.10. The zero-order chi connectivity index (χ0) is 21.0. The highest BCUT2D eigenvalue weighted by Crippen LogP contribution is 2.18. The molecule has 0 aliphatic carbocycles. The summed E-state index contributed by atoms with van der Waals surface area (Å²) in [4.78, 5) is 25.0. The van der Waals surface area contributed by atoms with E-state index in [1.807, 2.05) is 6.07 Å². The highest BCUT2D eigenvalue weighted by atomic mass is 35.5. The molecule has 3 aromatic rings. The van der Waals surface area contributed by atoms with Gasteiger partial charge >= 0.3 is 6.03 Å². The molecule has 0 unspecified atom stereocenters. The first-order valence-electron chi connectivity index (χ1n) is 8.45. The predicted molar refractivity (Wildman–Crippen MR) is 110 cm³/mol. The lowest BCUT2D eigenvalue weighted by molar-refractivity contribution is 0.262. The van der Waals surface area contributed by atoms with Crippen molar-refractivity contribution >= 4 is 29.1 Å². The van der Waals surface area contributed by atoms with Gasteiger partial charge in [-0.1, -0.05) is 11.6 Å². The Balaban J connectivity index is 1.92. The molecule has 2 aromatic carbocycles. The lowest BCUT2D eigenvalue weighted by Gasteiger charge is -2.13. The second-order valence-corrected chi connectivity index (χ2v) is 6.40. The third kappa shape index (κ3) is 4.36. The van der Waals surface area contributed by atoms with Crippen LogP contribution < -0.4 is 20.9 Å². The van der Waals surface area contributed by atoms with Crippen molar-refractivity contribution in [2.45, 2.75) is 6.92 Å². The van der Waals surface area contributed by atoms with Crippen molar-refractivity contribution in [3.05, 3.63) is 75.0 Å². The van der Waals surface area contributed by atoms with Crippen molar-refractivity contribution in [2.24, 2.45) is 0 Å². The monoisotopic (exact) mass is 409 g/mol. The average Bonchev–Trinajstić information content (AvgIpc) is 2.72. The highest BCUT2D eigenvalue weighted by Gasteiger charge is 2.17. The van der Waals surface area contributed by atoms with Crippen LogP contribution in [0.5, 0.6) is 5.75 Å². The predicted octanol–water partition coefficient (Wildman–Crippen LogP) is 3.72. The molecule has 9 heteroatoms. The third-order valence-corrected chi connectivity index (χ3v) is 4.35. The fourth-order valence-corrected chi connectivity index (χ4v) is 2.68. The van der Waals surface area contributed by atoms with Gasteiger partial charge in [-0.15, -0.1) is 5.10 Å². The number of anilines is 2. The van der Waals surface area contributed by atoms with Gasteiger partial charge in [0.15, 0.2) is 5.82 Å². The van der Waals surface area contributed by atoms with Gasteiger partial charge in [-0.05, 0) is 55.5 Å². The molecule has 0 spiro atoms. The second-order valence-electron chi connectivity index (χ2n) is 5.96. The molecule has 0 atom stereocenters. The first-order chi connectivity index (χ1) is 13.9. The van der Waals surface area contributed by atoms with Crippen molar-refractivity contribution in [1.82, 2.24) is 9.78 Å². The summed E-state index contributed by atoms with van der Waals surface area (Å²) in [6.45, 7) is 1.54. The number of nitriles is 1. The molecular formula is C20H16ClN5O3. The number of hydrogen-bond donors (Lipinski definition) is 2. The molecule has 2 amide bonds. The first-order valence-corrected chi connectivity index (χ1v) is 8.82. The Morgan fingerprint density at radius 2 is 1.79 bits per heavy atom. The minimum atomic E-state index is -0.589. The number of halogens is 1. The number of urea groups is 1. The normalized spacial score (nSPS) is 10.1. The minimum absolute atomic E-state index is 0.0853. The topological polar surface area (TPSA) is 109 Å². The quantitative estimate of drug-likeness (QED) is 0.682. The number of carbonyl (C=O) groups excluding carboxylic acids is 1. The lowest BCUT2D eigenvalue weighted by atomic mass is 10.2. The molecule has 0 bridgehead atoms. The van der Waals surface area contributed by atoms with E-state index >= 15 is 0 Å². The standard InChI is InChI=1S/C20H16ClN5O3/c1-12-17(11-22)19(27)26(15-7-3-13(21)4-8-15)25-18(12)24-20(28)23-14-5-9-16(29-2)10-6-14/h3-10H,1-2H3,(H2,23,24,25,28). The molecule has 0 fully saturated rings. The van der Waals surface area contributed by atoms with E-state index in [0.29, 0.717) is 22.1 Å². The van der Waals surface area contributed by atoms with Crippen LogP contribution in [0, 0.1) is 18.3 Å². The number of methoxy groups -OCH3 is 1. The Bertz CT molecular complexity index is 1150. The van der Waals surface area contributed by atoms with Crippen LogP contribution in [0.15, 0.2) is 53.3 Å². The summed E-state index contributed by atoms with van der Waals surface area (Å²) in [5.41, 5.74) is 0.512. The number of rotatable bonds is 4. The summed E-state index contributed by atoms with van der Waals surface area (Å²) in [6, 6.07) is 14.4. The zero-order valence-corrected chi connectivity index (χ0v) is 16.3. The molecule has 0 radical (unpaired) electrons. The Kier molecular flexibility index (Phi) is 5.81. The van der Waals surface area contributed by atoms with Gasteiger partial charge in [-0.3, -0.25) is 10.1 Å². The van der Waals surface area contributed by atoms with Crippen LogP contribution in [0.4, 0.5) is 16.3 Å². The number of amides is 2. The molecule has 146 valence electrons. The largest absolute Gasteiger partial charge is 0.497 e. The number of nitrogens with zero attached hydrogens (tertiary/aromatic N) is 3. The van der Waals surface area contributed by atoms with E-state index < -0.39 is 11.6 Å². The molecule has 0 saturated carbocycles. The van der Waals surface area contributed by atoms with Crippen molar-refractivity contribution in [3.8, 4) is 17.5 Å². The molecule has 1 heterocycles. The molecule has 1 aromatic heterocycles. The number of ether oxygens (including phenoxy) is 1. The summed E-state index contributed by atoms with van der Waals surface area (Å²) >= 11 is 5.89. The fourth-order valence-electron chi connectivity index (χ4n) is 2.56. The molecule has 0 aliphatic heterocycles. The molecule has 3 rings (SSSR count). The molecular weight excluding hydrogens is 394 g/mol. The van der Waals surface area contributed by atoms with Gasteiger partial charge in [0.1, 0.15) is 17.4 Å². The molecule has 0 aliphatic rings. The number of nitrogens with one attached hydrogen (secondary N) is 2. The molecule has 29 heavy (non-hydrogen) atoms. The van der Waals surface area contributed by atoms with Crippen LogP contribution in [-0.4, -0.2) is 22.9 Å². The fraction of sp³-hybridized carbons (Fsp3) is 0.100. The lowest BCUT2D eigenvalue weighted by Crippen LogP contribution is -2.29. The number of hydrogen-bond acceptors (Lipinski definition) is 5. The summed E-state index contributed by atoms with van der Waals surface area (Å²) in [6.07, 6.45) is 0. The van der Waals surface area contributed by atoms with Crippen LogP contribution in [0.3, 0.4) is 0 Å². The van der Waals surface area contributed by atoms with Crippen LogP contribution in [-0.2, 0) is 0 Å². The summed E-state index contributed by atoms with van der Waals surface area (Å²) < 4.78 is 6.12. The maximum absolute atomic E-state index is 12.6. The van der Waals surface area contributed by atoms with E-state index in [4.69, 9.17) is 16.3 Å². The van der Waals surface area contributed by atoms with E-state index in [1.165, 1.54) is 0 Å². The van der Waals surface area contributed by atoms with Gasteiger partial charge in [-0.25, -0.2) is 4.79 Å². The maximum Gasteiger partial charge on any atom is 0.324 e. The van der Waals surface area contributed by atoms with Crippen LogP contribution in [0.25, 0.3) is 5.69 Å². The minimum Gasteiger partial charge on any atom is -0.497 e. The van der Waals surface area contributed by atoms with Crippen molar-refractivity contribution in [1.29, 1.82) is 5.26 Å². The Morgan fingerprint density at radius 1 is 1.14 bits per heavy atom. The molecule has 8 nitrogen and oxygen atoms in total.